The number of aryl methyl sites for hydroxylation is 1. The maximum absolute atomic E-state index is 6.71. The van der Waals surface area contributed by atoms with Gasteiger partial charge in [0.25, 0.3) is 0 Å². The highest BCUT2D eigenvalue weighted by molar-refractivity contribution is 5.75. The van der Waals surface area contributed by atoms with Gasteiger partial charge in [-0.1, -0.05) is 69.7 Å². The Hall–Kier alpha value is -1.34. The lowest BCUT2D eigenvalue weighted by atomic mass is 9.67. The minimum absolute atomic E-state index is 0.0925. The maximum atomic E-state index is 6.71. The number of hydrogen-bond donors (Lipinski definition) is 1. The van der Waals surface area contributed by atoms with Crippen LogP contribution in [0, 0.1) is 5.41 Å². The molecule has 21 heavy (non-hydrogen) atoms. The van der Waals surface area contributed by atoms with E-state index in [0.29, 0.717) is 0 Å². The zero-order chi connectivity index (χ0) is 15.5. The fourth-order valence-electron chi connectivity index (χ4n) is 3.43. The predicted molar refractivity (Wildman–Crippen MR) is 93.2 cm³/mol. The molecule has 114 valence electrons. The second-order valence-electron chi connectivity index (χ2n) is 6.14. The summed E-state index contributed by atoms with van der Waals surface area (Å²) in [6.45, 7) is 8.96. The summed E-state index contributed by atoms with van der Waals surface area (Å²) in [6.07, 6.45) is 9.09. The van der Waals surface area contributed by atoms with E-state index in [1.54, 1.807) is 0 Å². The first-order valence-corrected chi connectivity index (χ1v) is 8.38. The van der Waals surface area contributed by atoms with Gasteiger partial charge >= 0.3 is 0 Å². The first kappa shape index (κ1) is 16.0. The van der Waals surface area contributed by atoms with Crippen LogP contribution in [0.2, 0.25) is 0 Å². The first-order valence-electron chi connectivity index (χ1n) is 8.38. The summed E-state index contributed by atoms with van der Waals surface area (Å²) in [5.41, 5.74) is 12.2. The van der Waals surface area contributed by atoms with E-state index in [2.05, 4.69) is 64.1 Å². The summed E-state index contributed by atoms with van der Waals surface area (Å²) >= 11 is 0. The second kappa shape index (κ2) is 6.62. The molecule has 0 heterocycles. The van der Waals surface area contributed by atoms with Crippen LogP contribution in [0.1, 0.15) is 58.1 Å². The summed E-state index contributed by atoms with van der Waals surface area (Å²) < 4.78 is 0. The molecule has 0 fully saturated rings. The Bertz CT molecular complexity index is 547. The molecule has 2 rings (SSSR count). The molecule has 0 bridgehead atoms. The van der Waals surface area contributed by atoms with Crippen LogP contribution in [0.5, 0.6) is 0 Å². The molecule has 1 aliphatic rings. The van der Waals surface area contributed by atoms with Crippen molar-refractivity contribution in [2.45, 2.75) is 59.4 Å². The molecular weight excluding hydrogens is 254 g/mol. The second-order valence-corrected chi connectivity index (χ2v) is 6.14. The van der Waals surface area contributed by atoms with Gasteiger partial charge in [0.1, 0.15) is 0 Å². The molecule has 0 saturated heterocycles. The molecule has 1 aromatic carbocycles. The Morgan fingerprint density at radius 3 is 2.33 bits per heavy atom. The van der Waals surface area contributed by atoms with E-state index in [1.165, 1.54) is 22.3 Å². The maximum Gasteiger partial charge on any atom is 0.0393 e. The van der Waals surface area contributed by atoms with Crippen molar-refractivity contribution >= 4 is 5.57 Å². The SMILES string of the molecule is CCC1=CC(CC)(CC)C(N)C(c2cccc(CC)c2)=C1. The van der Waals surface area contributed by atoms with Crippen LogP contribution in [-0.4, -0.2) is 6.04 Å². The molecule has 0 amide bonds. The van der Waals surface area contributed by atoms with E-state index in [-0.39, 0.29) is 11.5 Å². The Morgan fingerprint density at radius 1 is 1.05 bits per heavy atom. The molecule has 0 radical (unpaired) electrons. The number of hydrogen-bond acceptors (Lipinski definition) is 1. The molecule has 1 heteroatoms. The van der Waals surface area contributed by atoms with Gasteiger partial charge in [-0.15, -0.1) is 0 Å². The van der Waals surface area contributed by atoms with E-state index < -0.39 is 0 Å². The number of rotatable bonds is 5. The summed E-state index contributed by atoms with van der Waals surface area (Å²) in [4.78, 5) is 0. The van der Waals surface area contributed by atoms with Crippen LogP contribution in [0.3, 0.4) is 0 Å². The molecule has 0 spiro atoms. The Kier molecular flexibility index (Phi) is 5.05. The van der Waals surface area contributed by atoms with Crippen LogP contribution >= 0.6 is 0 Å². The first-order chi connectivity index (χ1) is 10.1. The van der Waals surface area contributed by atoms with Crippen molar-refractivity contribution in [1.29, 1.82) is 0 Å². The largest absolute Gasteiger partial charge is 0.323 e. The van der Waals surface area contributed by atoms with Gasteiger partial charge < -0.3 is 5.73 Å². The highest BCUT2D eigenvalue weighted by Gasteiger charge is 2.36. The van der Waals surface area contributed by atoms with Crippen molar-refractivity contribution < 1.29 is 0 Å². The molecule has 0 saturated carbocycles. The molecular formula is C20H29N. The summed E-state index contributed by atoms with van der Waals surface area (Å²) in [5, 5.41) is 0. The van der Waals surface area contributed by atoms with Gasteiger partial charge in [-0.05, 0) is 42.4 Å². The molecule has 2 N–H and O–H groups in total. The molecule has 0 aliphatic heterocycles. The van der Waals surface area contributed by atoms with Crippen LogP contribution in [-0.2, 0) is 6.42 Å². The molecule has 1 unspecified atom stereocenters. The van der Waals surface area contributed by atoms with Crippen LogP contribution in [0.15, 0.2) is 42.0 Å². The molecule has 1 atom stereocenters. The fourth-order valence-corrected chi connectivity index (χ4v) is 3.43. The van der Waals surface area contributed by atoms with Crippen molar-refractivity contribution in [1.82, 2.24) is 0 Å². The van der Waals surface area contributed by atoms with Crippen molar-refractivity contribution in [2.75, 3.05) is 0 Å². The minimum Gasteiger partial charge on any atom is -0.323 e. The summed E-state index contributed by atoms with van der Waals surface area (Å²) in [6, 6.07) is 8.96. The minimum atomic E-state index is 0.0925. The lowest BCUT2D eigenvalue weighted by molar-refractivity contribution is 0.316. The topological polar surface area (TPSA) is 26.0 Å². The number of nitrogens with two attached hydrogens (primary N) is 1. The van der Waals surface area contributed by atoms with Crippen molar-refractivity contribution in [3.05, 3.63) is 53.1 Å². The van der Waals surface area contributed by atoms with Gasteiger partial charge in [0.2, 0.25) is 0 Å². The molecule has 0 aromatic heterocycles. The van der Waals surface area contributed by atoms with Crippen LogP contribution < -0.4 is 5.73 Å². The molecule has 1 aromatic rings. The van der Waals surface area contributed by atoms with E-state index in [0.717, 1.165) is 25.7 Å². The number of benzene rings is 1. The van der Waals surface area contributed by atoms with E-state index >= 15 is 0 Å². The Balaban J connectivity index is 2.51. The van der Waals surface area contributed by atoms with Gasteiger partial charge in [-0.2, -0.15) is 0 Å². The van der Waals surface area contributed by atoms with Crippen molar-refractivity contribution in [3.63, 3.8) is 0 Å². The lowest BCUT2D eigenvalue weighted by Crippen LogP contribution is -2.42. The predicted octanol–water partition coefficient (Wildman–Crippen LogP) is 5.12. The molecule has 1 aliphatic carbocycles. The van der Waals surface area contributed by atoms with Crippen molar-refractivity contribution in [3.8, 4) is 0 Å². The van der Waals surface area contributed by atoms with E-state index in [1.807, 2.05) is 0 Å². The summed E-state index contributed by atoms with van der Waals surface area (Å²) in [7, 11) is 0. The third-order valence-electron chi connectivity index (χ3n) is 5.16. The van der Waals surface area contributed by atoms with Gasteiger partial charge in [-0.25, -0.2) is 0 Å². The van der Waals surface area contributed by atoms with E-state index in [4.69, 9.17) is 5.73 Å². The zero-order valence-corrected chi connectivity index (χ0v) is 13.9. The molecule has 1 nitrogen and oxygen atoms in total. The highest BCUT2D eigenvalue weighted by atomic mass is 14.7. The highest BCUT2D eigenvalue weighted by Crippen LogP contribution is 2.43. The third kappa shape index (κ3) is 2.98. The average Bonchev–Trinajstić information content (AvgIpc) is 2.55. The average molecular weight is 283 g/mol. The van der Waals surface area contributed by atoms with Crippen LogP contribution in [0.25, 0.3) is 5.57 Å². The monoisotopic (exact) mass is 283 g/mol. The van der Waals surface area contributed by atoms with E-state index in [9.17, 15) is 0 Å². The normalized spacial score (nSPS) is 20.9. The Labute approximate surface area is 129 Å². The number of allylic oxidation sites excluding steroid dienone is 2. The smallest absolute Gasteiger partial charge is 0.0393 e. The van der Waals surface area contributed by atoms with Gasteiger partial charge in [0.05, 0.1) is 0 Å². The van der Waals surface area contributed by atoms with Gasteiger partial charge in [-0.3, -0.25) is 0 Å². The lowest BCUT2D eigenvalue weighted by Gasteiger charge is -2.40. The van der Waals surface area contributed by atoms with Gasteiger partial charge in [0.15, 0.2) is 0 Å². The Morgan fingerprint density at radius 2 is 1.76 bits per heavy atom. The fraction of sp³-hybridized carbons (Fsp3) is 0.500. The van der Waals surface area contributed by atoms with Gasteiger partial charge in [0, 0.05) is 11.5 Å². The standard InChI is InChI=1S/C20H29N/c1-5-15-10-9-11-17(12-15)18-13-16(6-2)14-20(7-3,8-4)19(18)21/h9-14,19H,5-8,21H2,1-4H3. The van der Waals surface area contributed by atoms with Crippen molar-refractivity contribution in [2.24, 2.45) is 11.1 Å². The summed E-state index contributed by atoms with van der Waals surface area (Å²) in [5.74, 6) is 0. The third-order valence-corrected chi connectivity index (χ3v) is 5.16. The van der Waals surface area contributed by atoms with Crippen LogP contribution in [0.4, 0.5) is 0 Å². The quantitative estimate of drug-likeness (QED) is 0.797. The zero-order valence-electron chi connectivity index (χ0n) is 13.9.